The number of fused-ring (bicyclic) bond motifs is 1. The predicted octanol–water partition coefficient (Wildman–Crippen LogP) is 6.78. The molecular weight excluding hydrogens is 396 g/mol. The molecule has 0 saturated carbocycles. The Hall–Kier alpha value is -3.33. The van der Waals surface area contributed by atoms with E-state index in [2.05, 4.69) is 26.0 Å². The molecule has 3 nitrogen and oxygen atoms in total. The van der Waals surface area contributed by atoms with Crippen molar-refractivity contribution in [1.82, 2.24) is 0 Å². The Bertz CT molecular complexity index is 1120. The fourth-order valence-electron chi connectivity index (χ4n) is 4.11. The summed E-state index contributed by atoms with van der Waals surface area (Å²) in [7, 11) is 1.66. The first kappa shape index (κ1) is 21.9. The van der Waals surface area contributed by atoms with E-state index in [4.69, 9.17) is 9.47 Å². The summed E-state index contributed by atoms with van der Waals surface area (Å²) in [5, 5.41) is 0. The van der Waals surface area contributed by atoms with E-state index in [-0.39, 0.29) is 5.78 Å². The van der Waals surface area contributed by atoms with Gasteiger partial charge in [0, 0.05) is 11.1 Å². The van der Waals surface area contributed by atoms with Crippen LogP contribution >= 0.6 is 0 Å². The first-order valence-electron chi connectivity index (χ1n) is 11.3. The van der Waals surface area contributed by atoms with Crippen molar-refractivity contribution in [2.24, 2.45) is 0 Å². The summed E-state index contributed by atoms with van der Waals surface area (Å²) < 4.78 is 11.6. The molecule has 0 fully saturated rings. The van der Waals surface area contributed by atoms with E-state index in [9.17, 15) is 4.79 Å². The fraction of sp³-hybridized carbons (Fsp3) is 0.276. The number of carbonyl (C=O) groups excluding carboxylic acids is 1. The Morgan fingerprint density at radius 2 is 1.75 bits per heavy atom. The average molecular weight is 427 g/mol. The van der Waals surface area contributed by atoms with Gasteiger partial charge in [0.15, 0.2) is 5.78 Å². The largest absolute Gasteiger partial charge is 0.496 e. The van der Waals surface area contributed by atoms with Gasteiger partial charge in [-0.05, 0) is 77.8 Å². The predicted molar refractivity (Wildman–Crippen MR) is 130 cm³/mol. The molecule has 1 aliphatic carbocycles. The van der Waals surface area contributed by atoms with Gasteiger partial charge in [0.1, 0.15) is 18.1 Å². The number of aryl methyl sites for hydroxylation is 2. The first-order chi connectivity index (χ1) is 15.5. The highest BCUT2D eigenvalue weighted by Crippen LogP contribution is 2.28. The van der Waals surface area contributed by atoms with Gasteiger partial charge in [0.25, 0.3) is 0 Å². The van der Waals surface area contributed by atoms with Gasteiger partial charge in [-0.3, -0.25) is 4.79 Å². The Labute approximate surface area is 190 Å². The first-order valence-corrected chi connectivity index (χ1v) is 11.3. The summed E-state index contributed by atoms with van der Waals surface area (Å²) in [5.74, 6) is 2.10. The van der Waals surface area contributed by atoms with E-state index in [1.165, 1.54) is 29.5 Å². The summed E-state index contributed by atoms with van der Waals surface area (Å²) >= 11 is 0. The second kappa shape index (κ2) is 9.86. The molecule has 0 saturated heterocycles. The van der Waals surface area contributed by atoms with Crippen molar-refractivity contribution in [3.05, 3.63) is 100 Å². The number of ether oxygens (including phenoxy) is 2. The lowest BCUT2D eigenvalue weighted by atomic mass is 10.00. The highest BCUT2D eigenvalue weighted by atomic mass is 16.5. The Balaban J connectivity index is 1.45. The zero-order valence-electron chi connectivity index (χ0n) is 19.1. The molecule has 0 atom stereocenters. The van der Waals surface area contributed by atoms with Crippen LogP contribution in [-0.4, -0.2) is 12.9 Å². The van der Waals surface area contributed by atoms with E-state index >= 15 is 0 Å². The minimum absolute atomic E-state index is 0.00735. The molecule has 4 rings (SSSR count). The minimum Gasteiger partial charge on any atom is -0.496 e. The molecule has 0 N–H and O–H groups in total. The van der Waals surface area contributed by atoms with E-state index in [1.807, 2.05) is 54.6 Å². The van der Waals surface area contributed by atoms with E-state index in [0.29, 0.717) is 18.1 Å². The van der Waals surface area contributed by atoms with E-state index in [1.54, 1.807) is 13.2 Å². The zero-order valence-corrected chi connectivity index (χ0v) is 19.1. The molecule has 32 heavy (non-hydrogen) atoms. The Morgan fingerprint density at radius 1 is 0.969 bits per heavy atom. The van der Waals surface area contributed by atoms with Gasteiger partial charge in [-0.25, -0.2) is 0 Å². The molecular formula is C29H30O3. The number of methoxy groups -OCH3 is 1. The van der Waals surface area contributed by atoms with E-state index < -0.39 is 0 Å². The van der Waals surface area contributed by atoms with Crippen molar-refractivity contribution >= 4 is 11.9 Å². The maximum Gasteiger partial charge on any atom is 0.185 e. The molecule has 0 radical (unpaired) electrons. The summed E-state index contributed by atoms with van der Waals surface area (Å²) in [4.78, 5) is 12.6. The SMILES string of the molecule is COc1ccc(/C=C/C(=O)c2ccc(C(C)C)cc2)cc1COc1ccc2c(c1)CCC2. The monoisotopic (exact) mass is 426 g/mol. The van der Waals surface area contributed by atoms with Gasteiger partial charge in [0.2, 0.25) is 0 Å². The molecule has 0 aromatic heterocycles. The second-order valence-corrected chi connectivity index (χ2v) is 8.62. The molecule has 1 aliphatic rings. The average Bonchev–Trinajstić information content (AvgIpc) is 3.29. The van der Waals surface area contributed by atoms with Crippen molar-refractivity contribution in [2.45, 2.75) is 45.6 Å². The molecule has 0 unspecified atom stereocenters. The minimum atomic E-state index is -0.00735. The van der Waals surface area contributed by atoms with Crippen LogP contribution in [0.5, 0.6) is 11.5 Å². The van der Waals surface area contributed by atoms with Crippen LogP contribution in [0.25, 0.3) is 6.08 Å². The molecule has 164 valence electrons. The number of rotatable bonds is 8. The Kier molecular flexibility index (Phi) is 6.75. The maximum absolute atomic E-state index is 12.6. The van der Waals surface area contributed by atoms with Gasteiger partial charge in [-0.15, -0.1) is 0 Å². The smallest absolute Gasteiger partial charge is 0.185 e. The number of carbonyl (C=O) groups is 1. The molecule has 0 amide bonds. The quantitative estimate of drug-likeness (QED) is 0.294. The van der Waals surface area contributed by atoms with Gasteiger partial charge >= 0.3 is 0 Å². The molecule has 3 aromatic rings. The zero-order chi connectivity index (χ0) is 22.5. The molecule has 3 aromatic carbocycles. The van der Waals surface area contributed by atoms with Crippen LogP contribution < -0.4 is 9.47 Å². The number of ketones is 1. The number of hydrogen-bond donors (Lipinski definition) is 0. The van der Waals surface area contributed by atoms with Crippen LogP contribution in [0.1, 0.15) is 64.4 Å². The Morgan fingerprint density at radius 3 is 2.50 bits per heavy atom. The highest BCUT2D eigenvalue weighted by Gasteiger charge is 2.12. The van der Waals surface area contributed by atoms with Gasteiger partial charge in [-0.2, -0.15) is 0 Å². The number of allylic oxidation sites excluding steroid dienone is 1. The third-order valence-corrected chi connectivity index (χ3v) is 6.06. The van der Waals surface area contributed by atoms with Crippen LogP contribution in [0.3, 0.4) is 0 Å². The van der Waals surface area contributed by atoms with E-state index in [0.717, 1.165) is 29.0 Å². The van der Waals surface area contributed by atoms with Crippen LogP contribution in [0.4, 0.5) is 0 Å². The number of benzene rings is 3. The summed E-state index contributed by atoms with van der Waals surface area (Å²) in [6.07, 6.45) is 6.98. The van der Waals surface area contributed by atoms with Crippen LogP contribution in [-0.2, 0) is 19.4 Å². The molecule has 0 heterocycles. The van der Waals surface area contributed by atoms with Crippen LogP contribution in [0.2, 0.25) is 0 Å². The van der Waals surface area contributed by atoms with Crippen LogP contribution in [0.15, 0.2) is 66.7 Å². The van der Waals surface area contributed by atoms with Crippen molar-refractivity contribution < 1.29 is 14.3 Å². The molecule has 3 heteroatoms. The van der Waals surface area contributed by atoms with Crippen molar-refractivity contribution in [2.75, 3.05) is 7.11 Å². The summed E-state index contributed by atoms with van der Waals surface area (Å²) in [6.45, 7) is 4.70. The lowest BCUT2D eigenvalue weighted by molar-refractivity contribution is 0.104. The summed E-state index contributed by atoms with van der Waals surface area (Å²) in [6, 6.07) is 20.1. The molecule has 0 bridgehead atoms. The molecule has 0 aliphatic heterocycles. The fourth-order valence-corrected chi connectivity index (χ4v) is 4.11. The lowest BCUT2D eigenvalue weighted by Crippen LogP contribution is -2.00. The summed E-state index contributed by atoms with van der Waals surface area (Å²) in [5.41, 5.74) is 6.64. The second-order valence-electron chi connectivity index (χ2n) is 8.62. The lowest BCUT2D eigenvalue weighted by Gasteiger charge is -2.12. The molecule has 0 spiro atoms. The standard InChI is InChI=1S/C29H30O3/c1-20(2)22-9-11-24(12-10-22)28(30)15-7-21-8-16-29(31-3)26(17-21)19-32-27-14-13-23-5-4-6-25(23)18-27/h7-18,20H,4-6,19H2,1-3H3/b15-7+. The normalized spacial score (nSPS) is 12.9. The number of hydrogen-bond acceptors (Lipinski definition) is 3. The van der Waals surface area contributed by atoms with Crippen molar-refractivity contribution in [1.29, 1.82) is 0 Å². The van der Waals surface area contributed by atoms with Crippen molar-refractivity contribution in [3.63, 3.8) is 0 Å². The third kappa shape index (κ3) is 5.11. The third-order valence-electron chi connectivity index (χ3n) is 6.06. The highest BCUT2D eigenvalue weighted by molar-refractivity contribution is 6.06. The van der Waals surface area contributed by atoms with Crippen molar-refractivity contribution in [3.8, 4) is 11.5 Å². The maximum atomic E-state index is 12.6. The topological polar surface area (TPSA) is 35.5 Å². The van der Waals surface area contributed by atoms with Gasteiger partial charge < -0.3 is 9.47 Å². The van der Waals surface area contributed by atoms with Crippen LogP contribution in [0, 0.1) is 0 Å². The van der Waals surface area contributed by atoms with Gasteiger partial charge in [0.05, 0.1) is 7.11 Å². The van der Waals surface area contributed by atoms with Gasteiger partial charge in [-0.1, -0.05) is 56.3 Å².